The molecule has 1 aliphatic heterocycles. The summed E-state index contributed by atoms with van der Waals surface area (Å²) in [4.78, 5) is 10.0. The minimum absolute atomic E-state index is 0.225. The van der Waals surface area contributed by atoms with Gasteiger partial charge in [0.15, 0.2) is 5.84 Å². The number of nitrogens with one attached hydrogen (secondary N) is 1. The SMILES string of the molecule is c1ccc(C2=NC(c3ccccc3)NC(c3cccc(-c4cccc5c4sc4ccc6c7ccccc7sc6c45)c3)=N2)cc1. The third kappa shape index (κ3) is 4.16. The van der Waals surface area contributed by atoms with Crippen molar-refractivity contribution < 1.29 is 0 Å². The molecule has 9 rings (SSSR count). The molecular weight excluding hydrogens is 575 g/mol. The highest BCUT2D eigenvalue weighted by Crippen LogP contribution is 2.46. The Bertz CT molecular complexity index is 2420. The predicted octanol–water partition coefficient (Wildman–Crippen LogP) is 10.6. The molecule has 208 valence electrons. The van der Waals surface area contributed by atoms with E-state index in [0.717, 1.165) is 28.4 Å². The van der Waals surface area contributed by atoms with Crippen LogP contribution in [0.5, 0.6) is 0 Å². The van der Waals surface area contributed by atoms with Gasteiger partial charge in [0.25, 0.3) is 0 Å². The molecule has 1 atom stereocenters. The number of amidine groups is 2. The zero-order valence-electron chi connectivity index (χ0n) is 23.6. The monoisotopic (exact) mass is 599 g/mol. The lowest BCUT2D eigenvalue weighted by Gasteiger charge is -2.24. The smallest absolute Gasteiger partial charge is 0.159 e. The molecule has 0 spiro atoms. The second kappa shape index (κ2) is 10.3. The van der Waals surface area contributed by atoms with Crippen LogP contribution in [-0.2, 0) is 0 Å². The molecule has 8 aromatic rings. The first-order valence-electron chi connectivity index (χ1n) is 14.7. The lowest BCUT2D eigenvalue weighted by molar-refractivity contribution is 0.674. The number of fused-ring (bicyclic) bond motifs is 7. The number of aliphatic imine (C=N–C) groups is 2. The first kappa shape index (κ1) is 25.4. The summed E-state index contributed by atoms with van der Waals surface area (Å²) in [6, 6.07) is 49.4. The Labute approximate surface area is 262 Å². The quantitative estimate of drug-likeness (QED) is 0.215. The number of nitrogens with zero attached hydrogens (tertiary/aromatic N) is 2. The van der Waals surface area contributed by atoms with Crippen molar-refractivity contribution in [1.29, 1.82) is 0 Å². The normalized spacial score (nSPS) is 15.0. The Balaban J connectivity index is 1.18. The van der Waals surface area contributed by atoms with Gasteiger partial charge in [0.2, 0.25) is 0 Å². The van der Waals surface area contributed by atoms with Crippen molar-refractivity contribution in [3.8, 4) is 11.1 Å². The molecule has 44 heavy (non-hydrogen) atoms. The van der Waals surface area contributed by atoms with E-state index in [9.17, 15) is 0 Å². The Morgan fingerprint density at radius 3 is 2.11 bits per heavy atom. The van der Waals surface area contributed by atoms with Crippen molar-refractivity contribution in [3.63, 3.8) is 0 Å². The lowest BCUT2D eigenvalue weighted by Crippen LogP contribution is -2.33. The maximum Gasteiger partial charge on any atom is 0.159 e. The van der Waals surface area contributed by atoms with Crippen molar-refractivity contribution in [2.24, 2.45) is 9.98 Å². The van der Waals surface area contributed by atoms with Crippen LogP contribution in [0, 0.1) is 0 Å². The van der Waals surface area contributed by atoms with Gasteiger partial charge in [-0.05, 0) is 34.9 Å². The first-order chi connectivity index (χ1) is 21.8. The van der Waals surface area contributed by atoms with Gasteiger partial charge >= 0.3 is 0 Å². The average Bonchev–Trinajstić information content (AvgIpc) is 3.67. The van der Waals surface area contributed by atoms with Crippen LogP contribution in [0.3, 0.4) is 0 Å². The van der Waals surface area contributed by atoms with Crippen LogP contribution in [0.2, 0.25) is 0 Å². The Morgan fingerprint density at radius 1 is 0.523 bits per heavy atom. The molecule has 5 heteroatoms. The topological polar surface area (TPSA) is 36.8 Å². The largest absolute Gasteiger partial charge is 0.344 e. The zero-order valence-corrected chi connectivity index (χ0v) is 25.2. The van der Waals surface area contributed by atoms with Crippen LogP contribution in [-0.4, -0.2) is 11.7 Å². The van der Waals surface area contributed by atoms with Gasteiger partial charge in [-0.25, -0.2) is 9.98 Å². The van der Waals surface area contributed by atoms with Crippen LogP contribution in [0.25, 0.3) is 51.5 Å². The molecule has 0 radical (unpaired) electrons. The van der Waals surface area contributed by atoms with E-state index in [0.29, 0.717) is 0 Å². The maximum atomic E-state index is 5.04. The molecule has 1 N–H and O–H groups in total. The van der Waals surface area contributed by atoms with E-state index >= 15 is 0 Å². The van der Waals surface area contributed by atoms with Gasteiger partial charge in [-0.15, -0.1) is 22.7 Å². The van der Waals surface area contributed by atoms with Gasteiger partial charge in [-0.1, -0.05) is 121 Å². The van der Waals surface area contributed by atoms with Crippen LogP contribution < -0.4 is 5.32 Å². The number of rotatable bonds is 4. The fraction of sp³-hybridized carbons (Fsp3) is 0.0256. The summed E-state index contributed by atoms with van der Waals surface area (Å²) in [5, 5.41) is 8.99. The zero-order chi connectivity index (χ0) is 29.0. The molecule has 2 aromatic heterocycles. The highest BCUT2D eigenvalue weighted by molar-refractivity contribution is 7.30. The van der Waals surface area contributed by atoms with Crippen LogP contribution in [0.4, 0.5) is 0 Å². The number of thiophene rings is 2. The van der Waals surface area contributed by atoms with Crippen LogP contribution in [0.1, 0.15) is 22.9 Å². The molecular formula is C39H25N3S2. The van der Waals surface area contributed by atoms with E-state index in [-0.39, 0.29) is 6.17 Å². The first-order valence-corrected chi connectivity index (χ1v) is 16.3. The molecule has 0 bridgehead atoms. The molecule has 0 saturated carbocycles. The molecule has 1 aliphatic rings. The fourth-order valence-corrected chi connectivity index (χ4v) is 8.82. The molecule has 0 fully saturated rings. The lowest BCUT2D eigenvalue weighted by atomic mass is 9.99. The Kier molecular flexibility index (Phi) is 5.93. The summed E-state index contributed by atoms with van der Waals surface area (Å²) in [6.07, 6.45) is -0.225. The van der Waals surface area contributed by atoms with Crippen molar-refractivity contribution in [3.05, 3.63) is 156 Å². The predicted molar refractivity (Wildman–Crippen MR) is 189 cm³/mol. The molecule has 6 aromatic carbocycles. The van der Waals surface area contributed by atoms with Crippen LogP contribution >= 0.6 is 22.7 Å². The third-order valence-electron chi connectivity index (χ3n) is 8.34. The summed E-state index contributed by atoms with van der Waals surface area (Å²) in [5.74, 6) is 1.56. The minimum Gasteiger partial charge on any atom is -0.344 e. The van der Waals surface area contributed by atoms with Crippen molar-refractivity contribution in [2.45, 2.75) is 6.17 Å². The molecule has 0 aliphatic carbocycles. The van der Waals surface area contributed by atoms with Gasteiger partial charge in [0.1, 0.15) is 12.0 Å². The van der Waals surface area contributed by atoms with E-state index in [1.165, 1.54) is 51.5 Å². The summed E-state index contributed by atoms with van der Waals surface area (Å²) < 4.78 is 5.36. The second-order valence-corrected chi connectivity index (χ2v) is 13.1. The molecule has 0 amide bonds. The molecule has 3 nitrogen and oxygen atoms in total. The highest BCUT2D eigenvalue weighted by Gasteiger charge is 2.22. The van der Waals surface area contributed by atoms with E-state index in [2.05, 4.69) is 121 Å². The molecule has 0 saturated heterocycles. The summed E-state index contributed by atoms with van der Waals surface area (Å²) >= 11 is 3.79. The van der Waals surface area contributed by atoms with E-state index in [1.54, 1.807) is 0 Å². The van der Waals surface area contributed by atoms with Crippen molar-refractivity contribution in [1.82, 2.24) is 5.32 Å². The Morgan fingerprint density at radius 2 is 1.23 bits per heavy atom. The number of benzene rings is 6. The molecule has 1 unspecified atom stereocenters. The summed E-state index contributed by atoms with van der Waals surface area (Å²) in [7, 11) is 0. The van der Waals surface area contributed by atoms with E-state index < -0.39 is 0 Å². The maximum absolute atomic E-state index is 5.04. The van der Waals surface area contributed by atoms with Gasteiger partial charge in [0, 0.05) is 51.5 Å². The number of hydrogen-bond donors (Lipinski definition) is 1. The van der Waals surface area contributed by atoms with Crippen LogP contribution in [0.15, 0.2) is 150 Å². The second-order valence-electron chi connectivity index (χ2n) is 11.0. The third-order valence-corrected chi connectivity index (χ3v) is 10.8. The van der Waals surface area contributed by atoms with Gasteiger partial charge in [-0.3, -0.25) is 0 Å². The number of hydrogen-bond acceptors (Lipinski definition) is 5. The van der Waals surface area contributed by atoms with Crippen molar-refractivity contribution in [2.75, 3.05) is 0 Å². The van der Waals surface area contributed by atoms with Gasteiger partial charge in [0.05, 0.1) is 0 Å². The van der Waals surface area contributed by atoms with Gasteiger partial charge in [-0.2, -0.15) is 0 Å². The van der Waals surface area contributed by atoms with E-state index in [4.69, 9.17) is 9.98 Å². The standard InChI is InChI=1S/C39H25N3S2/c1-3-11-24(12-4-1)37-40-38(25-13-5-2-6-14-25)42-39(41-37)27-16-9-15-26(23-27)28-18-10-19-31-34-33(44-35(28)31)22-21-30-29-17-7-8-20-32(29)43-36(30)34/h1-23,37H,(H,40,41,42). The Hall–Kier alpha value is -5.10. The van der Waals surface area contributed by atoms with Gasteiger partial charge < -0.3 is 5.32 Å². The fourth-order valence-electron chi connectivity index (χ4n) is 6.24. The van der Waals surface area contributed by atoms with Crippen molar-refractivity contribution >= 4 is 74.7 Å². The highest BCUT2D eigenvalue weighted by atomic mass is 32.1. The minimum atomic E-state index is -0.225. The summed E-state index contributed by atoms with van der Waals surface area (Å²) in [6.45, 7) is 0. The molecule has 3 heterocycles. The average molecular weight is 600 g/mol. The summed E-state index contributed by atoms with van der Waals surface area (Å²) in [5.41, 5.74) is 5.57. The van der Waals surface area contributed by atoms with E-state index in [1.807, 2.05) is 46.9 Å².